The second-order valence-electron chi connectivity index (χ2n) is 5.84. The third-order valence-electron chi connectivity index (χ3n) is 3.96. The molecule has 0 spiro atoms. The Hall–Kier alpha value is -2.87. The molecule has 7 nitrogen and oxygen atoms in total. The minimum absolute atomic E-state index is 0.122. The van der Waals surface area contributed by atoms with Crippen LogP contribution in [0.3, 0.4) is 0 Å². The van der Waals surface area contributed by atoms with Crippen LogP contribution in [0.5, 0.6) is 5.75 Å². The van der Waals surface area contributed by atoms with Crippen molar-refractivity contribution in [2.45, 2.75) is 19.4 Å². The summed E-state index contributed by atoms with van der Waals surface area (Å²) in [5.41, 5.74) is 4.30. The number of benzene rings is 1. The molecule has 3 heterocycles. The largest absolute Gasteiger partial charge is 0.487 e. The van der Waals surface area contributed by atoms with Crippen molar-refractivity contribution in [1.82, 2.24) is 24.9 Å². The highest BCUT2D eigenvalue weighted by Crippen LogP contribution is 2.38. The Labute approximate surface area is 148 Å². The number of nitrogens with one attached hydrogen (secondary N) is 1. The number of aryl methyl sites for hydroxylation is 1. The summed E-state index contributed by atoms with van der Waals surface area (Å²) in [6.45, 7) is 2.45. The van der Waals surface area contributed by atoms with Crippen molar-refractivity contribution in [1.29, 1.82) is 0 Å². The third kappa shape index (κ3) is 3.20. The molecule has 0 unspecified atom stereocenters. The molecule has 0 fully saturated rings. The Morgan fingerprint density at radius 1 is 1.40 bits per heavy atom. The number of hydrogen-bond acceptors (Lipinski definition) is 7. The Kier molecular flexibility index (Phi) is 4.10. The zero-order chi connectivity index (χ0) is 17.2. The molecule has 8 heteroatoms. The van der Waals surface area contributed by atoms with Crippen LogP contribution in [-0.2, 0) is 6.42 Å². The van der Waals surface area contributed by atoms with Crippen molar-refractivity contribution in [2.24, 2.45) is 0 Å². The van der Waals surface area contributed by atoms with Gasteiger partial charge >= 0.3 is 0 Å². The summed E-state index contributed by atoms with van der Waals surface area (Å²) in [6, 6.07) is 4.16. The van der Waals surface area contributed by atoms with E-state index in [0.717, 1.165) is 46.1 Å². The van der Waals surface area contributed by atoms with E-state index < -0.39 is 0 Å². The summed E-state index contributed by atoms with van der Waals surface area (Å²) in [5.74, 6) is 0.583. The molecule has 25 heavy (non-hydrogen) atoms. The summed E-state index contributed by atoms with van der Waals surface area (Å²) in [6.07, 6.45) is 5.65. The van der Waals surface area contributed by atoms with Gasteiger partial charge in [-0.15, -0.1) is 5.10 Å². The zero-order valence-corrected chi connectivity index (χ0v) is 14.3. The minimum Gasteiger partial charge on any atom is -0.487 e. The lowest BCUT2D eigenvalue weighted by molar-refractivity contribution is 0.0928. The van der Waals surface area contributed by atoms with E-state index in [-0.39, 0.29) is 12.0 Å². The van der Waals surface area contributed by atoms with E-state index >= 15 is 0 Å². The van der Waals surface area contributed by atoms with Crippen LogP contribution in [0, 0.1) is 6.92 Å². The molecular weight excluding hydrogens is 338 g/mol. The number of carbonyl (C=O) groups excluding carboxylic acids is 1. The first kappa shape index (κ1) is 15.6. The number of aromatic nitrogens is 4. The van der Waals surface area contributed by atoms with Crippen molar-refractivity contribution in [3.63, 3.8) is 0 Å². The quantitative estimate of drug-likeness (QED) is 0.772. The summed E-state index contributed by atoms with van der Waals surface area (Å²) in [7, 11) is 0. The Morgan fingerprint density at radius 2 is 2.32 bits per heavy atom. The molecule has 4 rings (SSSR count). The standard InChI is InChI=1S/C17H15N5O2S/c1-10-4-11-6-12(7-20-17(23)15-9-25-22-21-15)24-16(11)13(5-10)14-8-18-2-3-19-14/h2-5,8-9,12H,6-7H2,1H3,(H,20,23)/t12-/m1/s1. The van der Waals surface area contributed by atoms with Crippen LogP contribution in [0.15, 0.2) is 36.1 Å². The third-order valence-corrected chi connectivity index (χ3v) is 4.47. The molecule has 1 aliphatic rings. The number of nitrogens with zero attached hydrogens (tertiary/aromatic N) is 4. The van der Waals surface area contributed by atoms with Crippen molar-refractivity contribution in [3.05, 3.63) is 52.9 Å². The highest BCUT2D eigenvalue weighted by atomic mass is 32.1. The van der Waals surface area contributed by atoms with Crippen molar-refractivity contribution >= 4 is 17.4 Å². The van der Waals surface area contributed by atoms with Gasteiger partial charge in [0, 0.05) is 29.8 Å². The second kappa shape index (κ2) is 6.56. The molecule has 1 N–H and O–H groups in total. The average molecular weight is 353 g/mol. The van der Waals surface area contributed by atoms with Crippen LogP contribution in [0.4, 0.5) is 0 Å². The Balaban J connectivity index is 1.51. The van der Waals surface area contributed by atoms with E-state index in [1.807, 2.05) is 13.0 Å². The monoisotopic (exact) mass is 353 g/mol. The van der Waals surface area contributed by atoms with Gasteiger partial charge in [-0.3, -0.25) is 14.8 Å². The molecular formula is C17H15N5O2S. The van der Waals surface area contributed by atoms with E-state index in [1.165, 1.54) is 0 Å². The minimum atomic E-state index is -0.237. The fourth-order valence-corrected chi connectivity index (χ4v) is 3.33. The fraction of sp³-hybridized carbons (Fsp3) is 0.235. The highest BCUT2D eigenvalue weighted by Gasteiger charge is 2.27. The molecule has 1 aliphatic heterocycles. The van der Waals surface area contributed by atoms with Crippen LogP contribution in [-0.4, -0.2) is 38.1 Å². The number of carbonyl (C=O) groups is 1. The van der Waals surface area contributed by atoms with Gasteiger partial charge in [0.05, 0.1) is 18.4 Å². The summed E-state index contributed by atoms with van der Waals surface area (Å²) in [5, 5.41) is 8.23. The van der Waals surface area contributed by atoms with Crippen LogP contribution in [0.1, 0.15) is 21.6 Å². The van der Waals surface area contributed by atoms with Crippen LogP contribution in [0.2, 0.25) is 0 Å². The highest BCUT2D eigenvalue weighted by molar-refractivity contribution is 7.03. The fourth-order valence-electron chi connectivity index (χ4n) is 2.90. The first-order chi connectivity index (χ1) is 12.2. The van der Waals surface area contributed by atoms with Crippen LogP contribution < -0.4 is 10.1 Å². The molecule has 1 aromatic carbocycles. The van der Waals surface area contributed by atoms with E-state index in [0.29, 0.717) is 12.2 Å². The maximum absolute atomic E-state index is 12.0. The lowest BCUT2D eigenvalue weighted by Crippen LogP contribution is -2.34. The smallest absolute Gasteiger partial charge is 0.272 e. The SMILES string of the molecule is Cc1cc2c(c(-c3cnccn3)c1)O[C@@H](CNC(=O)c1csnn1)C2. The van der Waals surface area contributed by atoms with Gasteiger partial charge in [0.15, 0.2) is 5.69 Å². The lowest BCUT2D eigenvalue weighted by atomic mass is 10.0. The molecule has 0 saturated carbocycles. The number of amides is 1. The molecule has 1 atom stereocenters. The van der Waals surface area contributed by atoms with Gasteiger partial charge in [0.2, 0.25) is 0 Å². The second-order valence-corrected chi connectivity index (χ2v) is 6.45. The molecule has 126 valence electrons. The number of ether oxygens (including phenoxy) is 1. The van der Waals surface area contributed by atoms with Gasteiger partial charge in [-0.25, -0.2) is 0 Å². The first-order valence-electron chi connectivity index (χ1n) is 7.82. The predicted octanol–water partition coefficient (Wildman–Crippen LogP) is 2.04. The van der Waals surface area contributed by atoms with Crippen molar-refractivity contribution < 1.29 is 9.53 Å². The van der Waals surface area contributed by atoms with Gasteiger partial charge in [0.25, 0.3) is 5.91 Å². The van der Waals surface area contributed by atoms with Gasteiger partial charge in [-0.1, -0.05) is 10.6 Å². The maximum Gasteiger partial charge on any atom is 0.272 e. The van der Waals surface area contributed by atoms with Crippen LogP contribution >= 0.6 is 11.5 Å². The topological polar surface area (TPSA) is 89.9 Å². The van der Waals surface area contributed by atoms with E-state index in [2.05, 4.69) is 30.9 Å². The molecule has 0 radical (unpaired) electrons. The maximum atomic E-state index is 12.0. The van der Waals surface area contributed by atoms with E-state index in [4.69, 9.17) is 4.74 Å². The number of rotatable bonds is 4. The molecule has 0 aliphatic carbocycles. The average Bonchev–Trinajstić information content (AvgIpc) is 3.29. The molecule has 0 saturated heterocycles. The van der Waals surface area contributed by atoms with E-state index in [9.17, 15) is 4.79 Å². The summed E-state index contributed by atoms with van der Waals surface area (Å²) < 4.78 is 9.80. The van der Waals surface area contributed by atoms with Crippen molar-refractivity contribution in [2.75, 3.05) is 6.54 Å². The zero-order valence-electron chi connectivity index (χ0n) is 13.5. The Bertz CT molecular complexity index is 899. The number of hydrogen-bond donors (Lipinski definition) is 1. The van der Waals surface area contributed by atoms with Gasteiger partial charge in [0.1, 0.15) is 11.9 Å². The predicted molar refractivity (Wildman–Crippen MR) is 92.6 cm³/mol. The summed E-state index contributed by atoms with van der Waals surface area (Å²) in [4.78, 5) is 20.5. The molecule has 1 amide bonds. The first-order valence-corrected chi connectivity index (χ1v) is 8.66. The Morgan fingerprint density at radius 3 is 3.08 bits per heavy atom. The van der Waals surface area contributed by atoms with E-state index in [1.54, 1.807) is 24.0 Å². The van der Waals surface area contributed by atoms with Gasteiger partial charge in [-0.2, -0.15) is 0 Å². The molecule has 2 aromatic heterocycles. The normalized spacial score (nSPS) is 15.5. The van der Waals surface area contributed by atoms with Crippen molar-refractivity contribution in [3.8, 4) is 17.0 Å². The van der Waals surface area contributed by atoms with Gasteiger partial charge in [-0.05, 0) is 35.6 Å². The van der Waals surface area contributed by atoms with Crippen LogP contribution in [0.25, 0.3) is 11.3 Å². The molecule has 3 aromatic rings. The van der Waals surface area contributed by atoms with Gasteiger partial charge < -0.3 is 10.1 Å². The number of fused-ring (bicyclic) bond motifs is 1. The molecule has 0 bridgehead atoms. The summed E-state index contributed by atoms with van der Waals surface area (Å²) >= 11 is 1.15. The lowest BCUT2D eigenvalue weighted by Gasteiger charge is -2.13.